The summed E-state index contributed by atoms with van der Waals surface area (Å²) in [6.45, 7) is 0. The molecule has 96 valence electrons. The van der Waals surface area contributed by atoms with Crippen LogP contribution in [0, 0.1) is 0 Å². The molecule has 0 fully saturated rings. The number of nitrogens with zero attached hydrogens (tertiary/aromatic N) is 3. The number of pyridine rings is 1. The van der Waals surface area contributed by atoms with Crippen LogP contribution in [0.3, 0.4) is 0 Å². The molecule has 0 spiro atoms. The van der Waals surface area contributed by atoms with Crippen molar-refractivity contribution in [3.05, 3.63) is 60.0 Å². The molecule has 0 amide bonds. The van der Waals surface area contributed by atoms with Crippen LogP contribution in [0.1, 0.15) is 17.4 Å². The third kappa shape index (κ3) is 2.22. The van der Waals surface area contributed by atoms with E-state index in [4.69, 9.17) is 5.73 Å². The molecule has 4 nitrogen and oxygen atoms in total. The second-order valence-corrected chi connectivity index (χ2v) is 4.67. The summed E-state index contributed by atoms with van der Waals surface area (Å²) in [5.41, 5.74) is 9.27. The summed E-state index contributed by atoms with van der Waals surface area (Å²) in [6, 6.07) is 14.0. The van der Waals surface area contributed by atoms with E-state index >= 15 is 0 Å². The largest absolute Gasteiger partial charge is 0.321 e. The molecule has 4 heteroatoms. The molecule has 0 saturated carbocycles. The van der Waals surface area contributed by atoms with E-state index in [2.05, 4.69) is 22.1 Å². The number of aromatic nitrogens is 3. The number of aryl methyl sites for hydroxylation is 1. The van der Waals surface area contributed by atoms with Crippen LogP contribution in [0.2, 0.25) is 0 Å². The van der Waals surface area contributed by atoms with E-state index < -0.39 is 0 Å². The van der Waals surface area contributed by atoms with E-state index in [0.29, 0.717) is 0 Å². The van der Waals surface area contributed by atoms with Gasteiger partial charge in [-0.05, 0) is 24.1 Å². The van der Waals surface area contributed by atoms with Crippen molar-refractivity contribution in [1.29, 1.82) is 0 Å². The van der Waals surface area contributed by atoms with Gasteiger partial charge in [-0.1, -0.05) is 30.3 Å². The average Bonchev–Trinajstić information content (AvgIpc) is 2.78. The van der Waals surface area contributed by atoms with E-state index in [1.165, 1.54) is 5.56 Å². The lowest BCUT2D eigenvalue weighted by Crippen LogP contribution is -2.17. The van der Waals surface area contributed by atoms with E-state index in [1.54, 1.807) is 6.20 Å². The van der Waals surface area contributed by atoms with Crippen molar-refractivity contribution < 1.29 is 0 Å². The summed E-state index contributed by atoms with van der Waals surface area (Å²) in [4.78, 5) is 8.92. The highest BCUT2D eigenvalue weighted by molar-refractivity contribution is 5.71. The van der Waals surface area contributed by atoms with Crippen LogP contribution in [0.15, 0.2) is 48.7 Å². The van der Waals surface area contributed by atoms with Gasteiger partial charge in [-0.2, -0.15) is 0 Å². The fourth-order valence-corrected chi connectivity index (χ4v) is 2.33. The summed E-state index contributed by atoms with van der Waals surface area (Å²) in [6.07, 6.45) is 2.55. The van der Waals surface area contributed by atoms with Gasteiger partial charge < -0.3 is 10.3 Å². The van der Waals surface area contributed by atoms with Crippen LogP contribution in [0.4, 0.5) is 0 Å². The molecule has 3 aromatic rings. The highest BCUT2D eigenvalue weighted by atomic mass is 15.1. The van der Waals surface area contributed by atoms with Gasteiger partial charge in [0.1, 0.15) is 11.3 Å². The molecule has 2 N–H and O–H groups in total. The standard InChI is InChI=1S/C15H16N4/c1-19-14(18-13-8-5-9-17-15(13)19)12(16)10-11-6-3-2-4-7-11/h2-9,12H,10,16H2,1H3. The summed E-state index contributed by atoms with van der Waals surface area (Å²) in [5.74, 6) is 0.873. The minimum atomic E-state index is -0.124. The Labute approximate surface area is 111 Å². The minimum Gasteiger partial charge on any atom is -0.321 e. The van der Waals surface area contributed by atoms with Crippen molar-refractivity contribution in [2.45, 2.75) is 12.5 Å². The Bertz CT molecular complexity index is 688. The quantitative estimate of drug-likeness (QED) is 0.777. The molecule has 1 atom stereocenters. The summed E-state index contributed by atoms with van der Waals surface area (Å²) >= 11 is 0. The first-order valence-corrected chi connectivity index (χ1v) is 6.32. The predicted octanol–water partition coefficient (Wildman–Crippen LogP) is 2.21. The van der Waals surface area contributed by atoms with Crippen LogP contribution in [-0.4, -0.2) is 14.5 Å². The van der Waals surface area contributed by atoms with Crippen LogP contribution in [-0.2, 0) is 13.5 Å². The minimum absolute atomic E-state index is 0.124. The Kier molecular flexibility index (Phi) is 3.01. The maximum Gasteiger partial charge on any atom is 0.159 e. The number of rotatable bonds is 3. The fraction of sp³-hybridized carbons (Fsp3) is 0.200. The molecular formula is C15H16N4. The summed E-state index contributed by atoms with van der Waals surface area (Å²) in [5, 5.41) is 0. The van der Waals surface area contributed by atoms with Gasteiger partial charge in [-0.25, -0.2) is 9.97 Å². The summed E-state index contributed by atoms with van der Waals surface area (Å²) < 4.78 is 1.98. The molecule has 1 unspecified atom stereocenters. The van der Waals surface area contributed by atoms with Crippen LogP contribution in [0.5, 0.6) is 0 Å². The molecule has 0 saturated heterocycles. The smallest absolute Gasteiger partial charge is 0.159 e. The van der Waals surface area contributed by atoms with Gasteiger partial charge in [-0.3, -0.25) is 0 Å². The van der Waals surface area contributed by atoms with Crippen LogP contribution < -0.4 is 5.73 Å². The van der Waals surface area contributed by atoms with E-state index in [1.807, 2.05) is 41.9 Å². The maximum absolute atomic E-state index is 6.28. The molecule has 0 aliphatic rings. The average molecular weight is 252 g/mol. The third-order valence-corrected chi connectivity index (χ3v) is 3.29. The first-order valence-electron chi connectivity index (χ1n) is 6.32. The molecule has 2 aromatic heterocycles. The van der Waals surface area contributed by atoms with Gasteiger partial charge in [-0.15, -0.1) is 0 Å². The molecule has 2 heterocycles. The second-order valence-electron chi connectivity index (χ2n) is 4.67. The number of hydrogen-bond donors (Lipinski definition) is 1. The molecule has 0 radical (unpaired) electrons. The third-order valence-electron chi connectivity index (χ3n) is 3.29. The molecular weight excluding hydrogens is 236 g/mol. The predicted molar refractivity (Wildman–Crippen MR) is 75.6 cm³/mol. The SMILES string of the molecule is Cn1c(C(N)Cc2ccccc2)nc2cccnc21. The topological polar surface area (TPSA) is 56.7 Å². The number of nitrogens with two attached hydrogens (primary N) is 1. The zero-order valence-electron chi connectivity index (χ0n) is 10.8. The van der Waals surface area contributed by atoms with Crippen LogP contribution >= 0.6 is 0 Å². The van der Waals surface area contributed by atoms with E-state index in [0.717, 1.165) is 23.4 Å². The van der Waals surface area contributed by atoms with Gasteiger partial charge in [0.05, 0.1) is 6.04 Å². The first-order chi connectivity index (χ1) is 9.25. The number of imidazole rings is 1. The lowest BCUT2D eigenvalue weighted by atomic mass is 10.1. The Morgan fingerprint density at radius 2 is 1.95 bits per heavy atom. The molecule has 3 rings (SSSR count). The van der Waals surface area contributed by atoms with Gasteiger partial charge in [0.25, 0.3) is 0 Å². The summed E-state index contributed by atoms with van der Waals surface area (Å²) in [7, 11) is 1.96. The van der Waals surface area contributed by atoms with Gasteiger partial charge >= 0.3 is 0 Å². The van der Waals surface area contributed by atoms with Crippen molar-refractivity contribution in [1.82, 2.24) is 14.5 Å². The van der Waals surface area contributed by atoms with E-state index in [-0.39, 0.29) is 6.04 Å². The highest BCUT2D eigenvalue weighted by Gasteiger charge is 2.15. The Hall–Kier alpha value is -2.20. The Morgan fingerprint density at radius 1 is 1.16 bits per heavy atom. The van der Waals surface area contributed by atoms with Crippen molar-refractivity contribution in [3.63, 3.8) is 0 Å². The first kappa shape index (κ1) is 11.9. The van der Waals surface area contributed by atoms with Gasteiger partial charge in [0.15, 0.2) is 5.65 Å². The Morgan fingerprint density at radius 3 is 2.68 bits per heavy atom. The molecule has 1 aromatic carbocycles. The molecule has 19 heavy (non-hydrogen) atoms. The zero-order valence-corrected chi connectivity index (χ0v) is 10.8. The molecule has 0 bridgehead atoms. The number of fused-ring (bicyclic) bond motifs is 1. The van der Waals surface area contributed by atoms with Crippen molar-refractivity contribution >= 4 is 11.2 Å². The lowest BCUT2D eigenvalue weighted by molar-refractivity contribution is 0.637. The second kappa shape index (κ2) is 4.82. The van der Waals surface area contributed by atoms with Crippen molar-refractivity contribution in [2.75, 3.05) is 0 Å². The normalized spacial score (nSPS) is 12.7. The van der Waals surface area contributed by atoms with Crippen molar-refractivity contribution in [2.24, 2.45) is 12.8 Å². The molecule has 0 aliphatic heterocycles. The zero-order chi connectivity index (χ0) is 13.2. The Balaban J connectivity index is 1.93. The number of hydrogen-bond acceptors (Lipinski definition) is 3. The lowest BCUT2D eigenvalue weighted by Gasteiger charge is -2.11. The monoisotopic (exact) mass is 252 g/mol. The number of benzene rings is 1. The molecule has 0 aliphatic carbocycles. The van der Waals surface area contributed by atoms with E-state index in [9.17, 15) is 0 Å². The van der Waals surface area contributed by atoms with Crippen LogP contribution in [0.25, 0.3) is 11.2 Å². The van der Waals surface area contributed by atoms with Crippen molar-refractivity contribution in [3.8, 4) is 0 Å². The van der Waals surface area contributed by atoms with Gasteiger partial charge in [0, 0.05) is 13.2 Å². The fourth-order valence-electron chi connectivity index (χ4n) is 2.33. The highest BCUT2D eigenvalue weighted by Crippen LogP contribution is 2.19. The van der Waals surface area contributed by atoms with Gasteiger partial charge in [0.2, 0.25) is 0 Å². The maximum atomic E-state index is 6.28.